The molecule has 1 aliphatic rings. The van der Waals surface area contributed by atoms with Crippen LogP contribution in [0.2, 0.25) is 0 Å². The second-order valence-corrected chi connectivity index (χ2v) is 8.86. The number of ether oxygens (including phenoxy) is 1. The van der Waals surface area contributed by atoms with Crippen LogP contribution >= 0.6 is 0 Å². The number of anilines is 1. The number of rotatable bonds is 4. The van der Waals surface area contributed by atoms with E-state index in [0.717, 1.165) is 11.6 Å². The molecule has 156 valence electrons. The van der Waals surface area contributed by atoms with Crippen LogP contribution < -0.4 is 10.7 Å². The minimum atomic E-state index is -3.61. The summed E-state index contributed by atoms with van der Waals surface area (Å²) in [6.45, 7) is 3.14. The van der Waals surface area contributed by atoms with E-state index in [0.29, 0.717) is 43.0 Å². The number of hydrogen-bond acceptors (Lipinski definition) is 6. The standard InChI is InChI=1S/C21H20N2O6S/c1-14-3-2-4-17-18(24)13-19(29-20(14)17)21(25)22-15-5-7-16(8-6-15)30(26,27)23-9-11-28-12-10-23/h2-8,13H,9-12H2,1H3,(H,22,25). The molecule has 0 spiro atoms. The molecule has 1 aliphatic heterocycles. The molecule has 1 aromatic heterocycles. The molecule has 4 rings (SSSR count). The zero-order chi connectivity index (χ0) is 21.3. The number of fused-ring (bicyclic) bond motifs is 1. The van der Waals surface area contributed by atoms with Gasteiger partial charge >= 0.3 is 0 Å². The van der Waals surface area contributed by atoms with Crippen molar-refractivity contribution in [3.8, 4) is 0 Å². The Kier molecular flexibility index (Phi) is 5.42. The first-order valence-corrected chi connectivity index (χ1v) is 10.8. The van der Waals surface area contributed by atoms with Crippen molar-refractivity contribution in [1.82, 2.24) is 4.31 Å². The van der Waals surface area contributed by atoms with Crippen LogP contribution in [0.5, 0.6) is 0 Å². The molecule has 0 radical (unpaired) electrons. The van der Waals surface area contributed by atoms with Crippen molar-refractivity contribution in [3.63, 3.8) is 0 Å². The summed E-state index contributed by atoms with van der Waals surface area (Å²) in [6, 6.07) is 12.2. The minimum absolute atomic E-state index is 0.119. The lowest BCUT2D eigenvalue weighted by molar-refractivity contribution is 0.0730. The summed E-state index contributed by atoms with van der Waals surface area (Å²) in [6.07, 6.45) is 0. The van der Waals surface area contributed by atoms with E-state index in [1.165, 1.54) is 28.6 Å². The molecule has 0 unspecified atom stereocenters. The fourth-order valence-electron chi connectivity index (χ4n) is 3.27. The van der Waals surface area contributed by atoms with Gasteiger partial charge in [-0.3, -0.25) is 9.59 Å². The van der Waals surface area contributed by atoms with Crippen LogP contribution in [0.25, 0.3) is 11.0 Å². The van der Waals surface area contributed by atoms with Gasteiger partial charge in [-0.1, -0.05) is 12.1 Å². The van der Waals surface area contributed by atoms with E-state index >= 15 is 0 Å². The average Bonchev–Trinajstić information content (AvgIpc) is 2.75. The quantitative estimate of drug-likeness (QED) is 0.684. The lowest BCUT2D eigenvalue weighted by atomic mass is 10.1. The lowest BCUT2D eigenvalue weighted by Gasteiger charge is -2.26. The lowest BCUT2D eigenvalue weighted by Crippen LogP contribution is -2.40. The van der Waals surface area contributed by atoms with Crippen LogP contribution in [0.3, 0.4) is 0 Å². The molecule has 1 fully saturated rings. The summed E-state index contributed by atoms with van der Waals surface area (Å²) in [5.41, 5.74) is 1.18. The molecule has 30 heavy (non-hydrogen) atoms. The Labute approximate surface area is 173 Å². The van der Waals surface area contributed by atoms with Crippen molar-refractivity contribution < 1.29 is 22.4 Å². The smallest absolute Gasteiger partial charge is 0.291 e. The molecule has 3 aromatic rings. The molecule has 1 saturated heterocycles. The van der Waals surface area contributed by atoms with Gasteiger partial charge in [-0.05, 0) is 42.8 Å². The summed E-state index contributed by atoms with van der Waals surface area (Å²) in [4.78, 5) is 25.0. The molecule has 0 bridgehead atoms. The largest absolute Gasteiger partial charge is 0.450 e. The SMILES string of the molecule is Cc1cccc2c(=O)cc(C(=O)Nc3ccc(S(=O)(=O)N4CCOCC4)cc3)oc12. The number of aryl methyl sites for hydroxylation is 1. The Hall–Kier alpha value is -3.01. The highest BCUT2D eigenvalue weighted by Gasteiger charge is 2.26. The van der Waals surface area contributed by atoms with E-state index < -0.39 is 15.9 Å². The highest BCUT2D eigenvalue weighted by Crippen LogP contribution is 2.21. The van der Waals surface area contributed by atoms with Gasteiger partial charge in [-0.15, -0.1) is 0 Å². The van der Waals surface area contributed by atoms with E-state index in [1.54, 1.807) is 25.1 Å². The van der Waals surface area contributed by atoms with Gasteiger partial charge in [-0.25, -0.2) is 8.42 Å². The predicted octanol–water partition coefficient (Wildman–Crippen LogP) is 2.37. The number of benzene rings is 2. The maximum absolute atomic E-state index is 12.7. The molecule has 8 nitrogen and oxygen atoms in total. The monoisotopic (exact) mass is 428 g/mol. The van der Waals surface area contributed by atoms with Crippen molar-refractivity contribution in [1.29, 1.82) is 0 Å². The number of morpholine rings is 1. The highest BCUT2D eigenvalue weighted by molar-refractivity contribution is 7.89. The normalized spacial score (nSPS) is 15.2. The second-order valence-electron chi connectivity index (χ2n) is 6.92. The van der Waals surface area contributed by atoms with E-state index in [2.05, 4.69) is 5.32 Å². The van der Waals surface area contributed by atoms with Gasteiger partial charge in [0, 0.05) is 24.8 Å². The number of amides is 1. The van der Waals surface area contributed by atoms with Crippen LogP contribution in [0.15, 0.2) is 62.6 Å². The van der Waals surface area contributed by atoms with Crippen molar-refractivity contribution in [2.45, 2.75) is 11.8 Å². The van der Waals surface area contributed by atoms with E-state index in [9.17, 15) is 18.0 Å². The van der Waals surface area contributed by atoms with Gasteiger partial charge in [0.15, 0.2) is 11.2 Å². The first-order valence-electron chi connectivity index (χ1n) is 9.39. The van der Waals surface area contributed by atoms with Gasteiger partial charge < -0.3 is 14.5 Å². The average molecular weight is 428 g/mol. The zero-order valence-corrected chi connectivity index (χ0v) is 17.1. The second kappa shape index (κ2) is 8.02. The Morgan fingerprint density at radius 3 is 2.47 bits per heavy atom. The van der Waals surface area contributed by atoms with Gasteiger partial charge in [0.25, 0.3) is 5.91 Å². The molecular formula is C21H20N2O6S. The molecule has 2 aromatic carbocycles. The van der Waals surface area contributed by atoms with E-state index in [-0.39, 0.29) is 16.1 Å². The number of nitrogens with zero attached hydrogens (tertiary/aromatic N) is 1. The van der Waals surface area contributed by atoms with E-state index in [4.69, 9.17) is 9.15 Å². The molecule has 0 atom stereocenters. The highest BCUT2D eigenvalue weighted by atomic mass is 32.2. The number of nitrogens with one attached hydrogen (secondary N) is 1. The van der Waals surface area contributed by atoms with Crippen LogP contribution in [0.1, 0.15) is 16.1 Å². The fraction of sp³-hybridized carbons (Fsp3) is 0.238. The summed E-state index contributed by atoms with van der Waals surface area (Å²) in [5.74, 6) is -0.715. The van der Waals surface area contributed by atoms with Crippen LogP contribution in [-0.4, -0.2) is 44.9 Å². The Morgan fingerprint density at radius 2 is 1.77 bits per heavy atom. The van der Waals surface area contributed by atoms with Gasteiger partial charge in [0.1, 0.15) is 5.58 Å². The fourth-order valence-corrected chi connectivity index (χ4v) is 4.68. The van der Waals surface area contributed by atoms with Crippen LogP contribution in [0, 0.1) is 6.92 Å². The number of sulfonamides is 1. The molecule has 9 heteroatoms. The summed E-state index contributed by atoms with van der Waals surface area (Å²) < 4.78 is 37.5. The molecule has 0 saturated carbocycles. The topological polar surface area (TPSA) is 106 Å². The first-order chi connectivity index (χ1) is 14.4. The number of carbonyl (C=O) groups excluding carboxylic acids is 1. The van der Waals surface area contributed by atoms with Crippen molar-refractivity contribution in [2.24, 2.45) is 0 Å². The molecule has 0 aliphatic carbocycles. The van der Waals surface area contributed by atoms with E-state index in [1.807, 2.05) is 0 Å². The third-order valence-electron chi connectivity index (χ3n) is 4.90. The van der Waals surface area contributed by atoms with Gasteiger partial charge in [-0.2, -0.15) is 4.31 Å². The Balaban J connectivity index is 1.55. The van der Waals surface area contributed by atoms with Crippen molar-refractivity contribution >= 4 is 32.6 Å². The van der Waals surface area contributed by atoms with Crippen LogP contribution in [-0.2, 0) is 14.8 Å². The summed E-state index contributed by atoms with van der Waals surface area (Å²) in [7, 11) is -3.61. The number of hydrogen-bond donors (Lipinski definition) is 1. The van der Waals surface area contributed by atoms with Crippen molar-refractivity contribution in [3.05, 3.63) is 70.1 Å². The molecule has 1 N–H and O–H groups in total. The van der Waals surface area contributed by atoms with Crippen LogP contribution in [0.4, 0.5) is 5.69 Å². The Morgan fingerprint density at radius 1 is 1.07 bits per heavy atom. The Bertz CT molecular complexity index is 1260. The zero-order valence-electron chi connectivity index (χ0n) is 16.3. The minimum Gasteiger partial charge on any atom is -0.450 e. The third kappa shape index (κ3) is 3.87. The van der Waals surface area contributed by atoms with Gasteiger partial charge in [0.05, 0.1) is 23.5 Å². The molecule has 2 heterocycles. The number of para-hydroxylation sites is 1. The molecular weight excluding hydrogens is 408 g/mol. The maximum Gasteiger partial charge on any atom is 0.291 e. The first kappa shape index (κ1) is 20.3. The summed E-state index contributed by atoms with van der Waals surface area (Å²) in [5, 5.41) is 3.03. The molecule has 1 amide bonds. The maximum atomic E-state index is 12.7. The van der Waals surface area contributed by atoms with Gasteiger partial charge in [0.2, 0.25) is 10.0 Å². The third-order valence-corrected chi connectivity index (χ3v) is 6.81. The number of carbonyl (C=O) groups is 1. The predicted molar refractivity (Wildman–Crippen MR) is 111 cm³/mol. The summed E-state index contributed by atoms with van der Waals surface area (Å²) >= 11 is 0. The van der Waals surface area contributed by atoms with Crippen molar-refractivity contribution in [2.75, 3.05) is 31.6 Å².